The Labute approximate surface area is 147 Å². The lowest BCUT2D eigenvalue weighted by molar-refractivity contribution is -0.125. The van der Waals surface area contributed by atoms with Crippen molar-refractivity contribution in [1.29, 1.82) is 0 Å². The highest BCUT2D eigenvalue weighted by Crippen LogP contribution is 2.27. The third kappa shape index (κ3) is 4.12. The summed E-state index contributed by atoms with van der Waals surface area (Å²) < 4.78 is 15.8. The summed E-state index contributed by atoms with van der Waals surface area (Å²) in [6.07, 6.45) is 0.768. The van der Waals surface area contributed by atoms with Gasteiger partial charge in [0.2, 0.25) is 5.91 Å². The zero-order valence-corrected chi connectivity index (χ0v) is 14.5. The molecule has 5 heteroatoms. The van der Waals surface area contributed by atoms with E-state index in [2.05, 4.69) is 5.32 Å². The molecule has 0 aromatic heterocycles. The van der Waals surface area contributed by atoms with Crippen LogP contribution in [-0.2, 0) is 9.53 Å². The van der Waals surface area contributed by atoms with E-state index in [9.17, 15) is 4.79 Å². The quantitative estimate of drug-likeness (QED) is 0.878. The number of carbonyl (C=O) groups is 1. The molecule has 0 aliphatic carbocycles. The molecule has 0 spiro atoms. The van der Waals surface area contributed by atoms with Crippen LogP contribution in [0.1, 0.15) is 23.6 Å². The van der Waals surface area contributed by atoms with Crippen LogP contribution in [0.15, 0.2) is 48.5 Å². The van der Waals surface area contributed by atoms with Gasteiger partial charge in [0.15, 0.2) is 0 Å². The van der Waals surface area contributed by atoms with Gasteiger partial charge in [-0.15, -0.1) is 0 Å². The van der Waals surface area contributed by atoms with Crippen LogP contribution in [0.4, 0.5) is 0 Å². The summed E-state index contributed by atoms with van der Waals surface area (Å²) in [6, 6.07) is 15.3. The van der Waals surface area contributed by atoms with Crippen molar-refractivity contribution in [3.05, 3.63) is 59.7 Å². The number of carbonyl (C=O) groups excluding carboxylic acids is 1. The minimum atomic E-state index is -0.232. The van der Waals surface area contributed by atoms with Crippen molar-refractivity contribution in [3.63, 3.8) is 0 Å². The van der Waals surface area contributed by atoms with Gasteiger partial charge in [0.05, 0.1) is 32.8 Å². The zero-order chi connectivity index (χ0) is 17.6. The predicted octanol–water partition coefficient (Wildman–Crippen LogP) is 2.95. The van der Waals surface area contributed by atoms with E-state index in [-0.39, 0.29) is 17.9 Å². The summed E-state index contributed by atoms with van der Waals surface area (Å²) in [5, 5.41) is 3.17. The van der Waals surface area contributed by atoms with Crippen molar-refractivity contribution >= 4 is 5.91 Å². The van der Waals surface area contributed by atoms with Crippen LogP contribution in [0.2, 0.25) is 0 Å². The molecule has 1 saturated heterocycles. The van der Waals surface area contributed by atoms with Crippen LogP contribution in [-0.4, -0.2) is 33.3 Å². The molecule has 0 radical (unpaired) electrons. The monoisotopic (exact) mass is 341 g/mol. The third-order valence-electron chi connectivity index (χ3n) is 4.49. The molecular weight excluding hydrogens is 318 g/mol. The van der Waals surface area contributed by atoms with E-state index >= 15 is 0 Å². The number of amides is 1. The molecule has 3 rings (SSSR count). The van der Waals surface area contributed by atoms with E-state index < -0.39 is 0 Å². The van der Waals surface area contributed by atoms with Gasteiger partial charge in [-0.1, -0.05) is 24.3 Å². The second-order valence-electron chi connectivity index (χ2n) is 6.05. The van der Waals surface area contributed by atoms with Crippen LogP contribution < -0.4 is 14.8 Å². The van der Waals surface area contributed by atoms with Gasteiger partial charge in [-0.2, -0.15) is 0 Å². The van der Waals surface area contributed by atoms with Gasteiger partial charge in [-0.05, 0) is 41.8 Å². The Hall–Kier alpha value is -2.53. The van der Waals surface area contributed by atoms with Crippen molar-refractivity contribution in [2.45, 2.75) is 12.5 Å². The third-order valence-corrected chi connectivity index (χ3v) is 4.49. The Bertz CT molecular complexity index is 643. The van der Waals surface area contributed by atoms with E-state index in [4.69, 9.17) is 14.2 Å². The summed E-state index contributed by atoms with van der Waals surface area (Å²) in [4.78, 5) is 12.6. The Balaban J connectivity index is 1.87. The number of hydrogen-bond donors (Lipinski definition) is 1. The summed E-state index contributed by atoms with van der Waals surface area (Å²) in [7, 11) is 3.27. The van der Waals surface area contributed by atoms with Gasteiger partial charge in [-0.3, -0.25) is 4.79 Å². The van der Waals surface area contributed by atoms with E-state index in [1.807, 2.05) is 48.5 Å². The predicted molar refractivity (Wildman–Crippen MR) is 94.9 cm³/mol. The number of hydrogen-bond acceptors (Lipinski definition) is 4. The lowest BCUT2D eigenvalue weighted by Crippen LogP contribution is -2.34. The molecule has 2 aromatic rings. The molecule has 1 atom stereocenters. The molecule has 2 aromatic carbocycles. The summed E-state index contributed by atoms with van der Waals surface area (Å²) in [5.41, 5.74) is 2.00. The average molecular weight is 341 g/mol. The van der Waals surface area contributed by atoms with Crippen LogP contribution >= 0.6 is 0 Å². The molecule has 1 aliphatic heterocycles. The fourth-order valence-corrected chi connectivity index (χ4v) is 2.95. The molecule has 1 amide bonds. The summed E-state index contributed by atoms with van der Waals surface area (Å²) >= 11 is 0. The van der Waals surface area contributed by atoms with Crippen molar-refractivity contribution in [2.75, 3.05) is 27.4 Å². The van der Waals surface area contributed by atoms with Crippen molar-refractivity contribution in [2.24, 2.45) is 5.92 Å². The van der Waals surface area contributed by atoms with Gasteiger partial charge >= 0.3 is 0 Å². The molecule has 1 N–H and O–H groups in total. The molecule has 132 valence electrons. The van der Waals surface area contributed by atoms with E-state index in [0.29, 0.717) is 13.2 Å². The number of rotatable bonds is 6. The Morgan fingerprint density at radius 3 is 1.92 bits per heavy atom. The average Bonchev–Trinajstić information content (AvgIpc) is 3.21. The molecule has 0 bridgehead atoms. The molecule has 25 heavy (non-hydrogen) atoms. The molecule has 0 saturated carbocycles. The van der Waals surface area contributed by atoms with E-state index in [0.717, 1.165) is 29.0 Å². The number of ether oxygens (including phenoxy) is 3. The largest absolute Gasteiger partial charge is 0.497 e. The Morgan fingerprint density at radius 2 is 1.52 bits per heavy atom. The van der Waals surface area contributed by atoms with Gasteiger partial charge in [0, 0.05) is 6.61 Å². The highest BCUT2D eigenvalue weighted by atomic mass is 16.5. The molecule has 1 heterocycles. The number of methoxy groups -OCH3 is 2. The summed E-state index contributed by atoms with van der Waals surface area (Å²) in [6.45, 7) is 1.14. The molecule has 0 unspecified atom stereocenters. The molecule has 1 fully saturated rings. The van der Waals surface area contributed by atoms with Gasteiger partial charge in [0.25, 0.3) is 0 Å². The minimum Gasteiger partial charge on any atom is -0.497 e. The first-order valence-electron chi connectivity index (χ1n) is 8.37. The van der Waals surface area contributed by atoms with Crippen molar-refractivity contribution < 1.29 is 19.0 Å². The fourth-order valence-electron chi connectivity index (χ4n) is 2.95. The molecule has 1 aliphatic rings. The lowest BCUT2D eigenvalue weighted by Gasteiger charge is -2.22. The van der Waals surface area contributed by atoms with Gasteiger partial charge < -0.3 is 19.5 Å². The Morgan fingerprint density at radius 1 is 1.00 bits per heavy atom. The first-order valence-corrected chi connectivity index (χ1v) is 8.37. The van der Waals surface area contributed by atoms with Crippen LogP contribution in [0.5, 0.6) is 11.5 Å². The van der Waals surface area contributed by atoms with E-state index in [1.54, 1.807) is 14.2 Å². The molecular formula is C20H23NO4. The van der Waals surface area contributed by atoms with Crippen LogP contribution in [0.25, 0.3) is 0 Å². The van der Waals surface area contributed by atoms with Crippen molar-refractivity contribution in [1.82, 2.24) is 5.32 Å². The number of nitrogens with one attached hydrogen (secondary N) is 1. The topological polar surface area (TPSA) is 56.8 Å². The van der Waals surface area contributed by atoms with Gasteiger partial charge in [-0.25, -0.2) is 0 Å². The highest BCUT2D eigenvalue weighted by Gasteiger charge is 2.26. The van der Waals surface area contributed by atoms with Crippen LogP contribution in [0, 0.1) is 5.92 Å². The van der Waals surface area contributed by atoms with Crippen LogP contribution in [0.3, 0.4) is 0 Å². The summed E-state index contributed by atoms with van der Waals surface area (Å²) in [5.74, 6) is 1.51. The molecule has 5 nitrogen and oxygen atoms in total. The minimum absolute atomic E-state index is 0.0223. The second kappa shape index (κ2) is 8.03. The van der Waals surface area contributed by atoms with Gasteiger partial charge in [0.1, 0.15) is 11.5 Å². The maximum Gasteiger partial charge on any atom is 0.226 e. The van der Waals surface area contributed by atoms with Crippen molar-refractivity contribution in [3.8, 4) is 11.5 Å². The first-order chi connectivity index (χ1) is 12.2. The SMILES string of the molecule is COc1ccc(C(NC(=O)[C@@H]2CCOC2)c2ccc(OC)cc2)cc1. The smallest absolute Gasteiger partial charge is 0.226 e. The second-order valence-corrected chi connectivity index (χ2v) is 6.05. The number of benzene rings is 2. The van der Waals surface area contributed by atoms with E-state index in [1.165, 1.54) is 0 Å². The Kier molecular flexibility index (Phi) is 5.56. The lowest BCUT2D eigenvalue weighted by atomic mass is 9.97. The zero-order valence-electron chi connectivity index (χ0n) is 14.5. The normalized spacial score (nSPS) is 16.7. The fraction of sp³-hybridized carbons (Fsp3) is 0.350. The highest BCUT2D eigenvalue weighted by molar-refractivity contribution is 5.80. The maximum absolute atomic E-state index is 12.6. The maximum atomic E-state index is 12.6. The first kappa shape index (κ1) is 17.3. The standard InChI is InChI=1S/C20H23NO4/c1-23-17-7-3-14(4-8-17)19(15-5-9-18(24-2)10-6-15)21-20(22)16-11-12-25-13-16/h3-10,16,19H,11-13H2,1-2H3,(H,21,22)/t16-/m1/s1.